The molecule has 2 aliphatic rings. The predicted molar refractivity (Wildman–Crippen MR) is 136 cm³/mol. The van der Waals surface area contributed by atoms with Crippen molar-refractivity contribution in [1.82, 2.24) is 29.9 Å². The molecule has 0 spiro atoms. The van der Waals surface area contributed by atoms with Gasteiger partial charge in [-0.05, 0) is 56.2 Å². The van der Waals surface area contributed by atoms with Crippen LogP contribution in [0, 0.1) is 0 Å². The molecule has 0 unspecified atom stereocenters. The van der Waals surface area contributed by atoms with Crippen molar-refractivity contribution in [1.29, 1.82) is 0 Å². The Morgan fingerprint density at radius 2 is 1.97 bits per heavy atom. The average molecular weight is 490 g/mol. The number of rotatable bonds is 6. The van der Waals surface area contributed by atoms with E-state index in [4.69, 9.17) is 14.5 Å². The number of nitrogens with zero attached hydrogens (tertiary/aromatic N) is 4. The molecular weight excluding hydrogens is 458 g/mol. The predicted octanol–water partition coefficient (Wildman–Crippen LogP) is 3.55. The summed E-state index contributed by atoms with van der Waals surface area (Å²) in [6.07, 6.45) is 13.5. The highest BCUT2D eigenvalue weighted by Crippen LogP contribution is 2.30. The van der Waals surface area contributed by atoms with Gasteiger partial charge in [-0.15, -0.1) is 0 Å². The number of H-pyrrole nitrogens is 1. The molecule has 0 atom stereocenters. The van der Waals surface area contributed by atoms with Crippen molar-refractivity contribution < 1.29 is 14.3 Å². The van der Waals surface area contributed by atoms with Crippen LogP contribution in [0.4, 0.5) is 5.95 Å². The summed E-state index contributed by atoms with van der Waals surface area (Å²) in [6, 6.07) is 4.48. The van der Waals surface area contributed by atoms with Crippen molar-refractivity contribution >= 4 is 28.4 Å². The summed E-state index contributed by atoms with van der Waals surface area (Å²) in [4.78, 5) is 25.6. The van der Waals surface area contributed by atoms with Crippen LogP contribution in [0.5, 0.6) is 0 Å². The van der Waals surface area contributed by atoms with Gasteiger partial charge in [0.1, 0.15) is 5.65 Å². The summed E-state index contributed by atoms with van der Waals surface area (Å²) >= 11 is 0. The quantitative estimate of drug-likeness (QED) is 0.379. The van der Waals surface area contributed by atoms with Crippen LogP contribution in [-0.4, -0.2) is 69.0 Å². The second kappa shape index (κ2) is 9.87. The zero-order chi connectivity index (χ0) is 24.5. The number of aromatic nitrogens is 5. The third kappa shape index (κ3) is 4.54. The van der Waals surface area contributed by atoms with E-state index >= 15 is 0 Å². The molecule has 0 aromatic carbocycles. The minimum Gasteiger partial charge on any atom is -0.381 e. The van der Waals surface area contributed by atoms with E-state index in [1.165, 1.54) is 0 Å². The third-order valence-corrected chi connectivity index (χ3v) is 7.41. The lowest BCUT2D eigenvalue weighted by molar-refractivity contribution is 0.0681. The van der Waals surface area contributed by atoms with E-state index < -0.39 is 0 Å². The number of aromatic amines is 1. The van der Waals surface area contributed by atoms with Crippen molar-refractivity contribution in [3.8, 4) is 11.1 Å². The Kier molecular flexibility index (Phi) is 6.28. The summed E-state index contributed by atoms with van der Waals surface area (Å²) in [5, 5.41) is 11.9. The number of nitrogens with one attached hydrogen (secondary N) is 3. The highest BCUT2D eigenvalue weighted by atomic mass is 16.5. The molecular formula is C26H31N7O3. The van der Waals surface area contributed by atoms with Crippen LogP contribution in [-0.2, 0) is 9.47 Å². The van der Waals surface area contributed by atoms with Gasteiger partial charge in [0, 0.05) is 61.9 Å². The van der Waals surface area contributed by atoms with E-state index in [2.05, 4.69) is 25.7 Å². The van der Waals surface area contributed by atoms with Crippen molar-refractivity contribution in [2.75, 3.05) is 25.6 Å². The van der Waals surface area contributed by atoms with Gasteiger partial charge in [0.15, 0.2) is 0 Å². The van der Waals surface area contributed by atoms with Crippen molar-refractivity contribution in [2.45, 2.75) is 56.7 Å². The van der Waals surface area contributed by atoms with Gasteiger partial charge in [0.2, 0.25) is 5.95 Å². The molecule has 4 aromatic rings. The smallest absolute Gasteiger partial charge is 0.255 e. The number of hydrogen-bond acceptors (Lipinski definition) is 7. The Hall–Kier alpha value is -3.50. The fraction of sp³-hybridized carbons (Fsp3) is 0.462. The third-order valence-electron chi connectivity index (χ3n) is 7.41. The van der Waals surface area contributed by atoms with E-state index in [1.807, 2.05) is 30.7 Å². The second-order valence-electron chi connectivity index (χ2n) is 9.68. The first-order valence-electron chi connectivity index (χ1n) is 12.7. The van der Waals surface area contributed by atoms with Crippen molar-refractivity contribution in [2.24, 2.45) is 0 Å². The van der Waals surface area contributed by atoms with Crippen LogP contribution in [0.1, 0.15) is 48.9 Å². The molecule has 1 saturated carbocycles. The summed E-state index contributed by atoms with van der Waals surface area (Å²) in [7, 11) is 1.78. The number of carbonyl (C=O) groups is 1. The summed E-state index contributed by atoms with van der Waals surface area (Å²) in [5.74, 6) is 0.529. The lowest BCUT2D eigenvalue weighted by Gasteiger charge is -2.28. The number of amides is 1. The van der Waals surface area contributed by atoms with E-state index in [0.717, 1.165) is 66.2 Å². The molecule has 1 aliphatic heterocycles. The van der Waals surface area contributed by atoms with Crippen molar-refractivity contribution in [3.63, 3.8) is 0 Å². The van der Waals surface area contributed by atoms with Gasteiger partial charge in [0.05, 0.1) is 23.4 Å². The Morgan fingerprint density at radius 3 is 2.78 bits per heavy atom. The number of fused-ring (bicyclic) bond motifs is 2. The molecule has 36 heavy (non-hydrogen) atoms. The zero-order valence-electron chi connectivity index (χ0n) is 20.4. The maximum atomic E-state index is 13.0. The molecule has 1 saturated heterocycles. The number of pyridine rings is 1. The monoisotopic (exact) mass is 489 g/mol. The van der Waals surface area contributed by atoms with Crippen molar-refractivity contribution in [3.05, 3.63) is 42.5 Å². The Morgan fingerprint density at radius 1 is 1.14 bits per heavy atom. The molecule has 1 aliphatic carbocycles. The molecule has 0 radical (unpaired) electrons. The molecule has 5 heterocycles. The van der Waals surface area contributed by atoms with Gasteiger partial charge in [-0.25, -0.2) is 9.50 Å². The van der Waals surface area contributed by atoms with Crippen LogP contribution in [0.3, 0.4) is 0 Å². The van der Waals surface area contributed by atoms with Gasteiger partial charge in [-0.3, -0.25) is 4.79 Å². The van der Waals surface area contributed by atoms with E-state index in [0.29, 0.717) is 36.9 Å². The zero-order valence-corrected chi connectivity index (χ0v) is 20.4. The Bertz CT molecular complexity index is 1370. The first-order chi connectivity index (χ1) is 17.7. The standard InChI is InChI=1S/C26H31N7O3/c1-35-19-4-2-17(3-5-19)31-26-28-14-21-20(13-27-24(21)32-26)16-6-9-33-23(12-16)22(15-29-33)25(34)30-18-7-10-36-11-8-18/h6,9,12-15,17-19H,2-5,7-8,10-11H2,1H3,(H,30,34)(H2,27,28,31,32)/t17-,19+. The van der Waals surface area contributed by atoms with E-state index in [-0.39, 0.29) is 11.9 Å². The van der Waals surface area contributed by atoms with E-state index in [9.17, 15) is 4.79 Å². The average Bonchev–Trinajstić information content (AvgIpc) is 3.53. The molecule has 6 rings (SSSR count). The number of methoxy groups -OCH3 is 1. The SMILES string of the molecule is CO[C@H]1CC[C@@H](Nc2ncc3c(-c4ccn5ncc(C(=O)NC6CCOCC6)c5c4)c[nH]c3n2)CC1. The second-order valence-corrected chi connectivity index (χ2v) is 9.68. The van der Waals surface area contributed by atoms with Gasteiger partial charge < -0.3 is 25.1 Å². The maximum absolute atomic E-state index is 13.0. The molecule has 10 heteroatoms. The molecule has 3 N–H and O–H groups in total. The lowest BCUT2D eigenvalue weighted by Crippen LogP contribution is -2.38. The maximum Gasteiger partial charge on any atom is 0.255 e. The van der Waals surface area contributed by atoms with Crippen LogP contribution in [0.15, 0.2) is 36.9 Å². The highest BCUT2D eigenvalue weighted by Gasteiger charge is 2.22. The number of carbonyl (C=O) groups excluding carboxylic acids is 1. The van der Waals surface area contributed by atoms with Crippen LogP contribution in [0.25, 0.3) is 27.7 Å². The normalized spacial score (nSPS) is 21.1. The van der Waals surface area contributed by atoms with E-state index in [1.54, 1.807) is 17.8 Å². The number of anilines is 1. The van der Waals surface area contributed by atoms with Gasteiger partial charge in [0.25, 0.3) is 5.91 Å². The van der Waals surface area contributed by atoms with Gasteiger partial charge in [-0.2, -0.15) is 10.1 Å². The summed E-state index contributed by atoms with van der Waals surface area (Å²) < 4.78 is 12.6. The van der Waals surface area contributed by atoms with Crippen LogP contribution >= 0.6 is 0 Å². The molecule has 10 nitrogen and oxygen atoms in total. The number of ether oxygens (including phenoxy) is 2. The minimum atomic E-state index is -0.105. The number of hydrogen-bond donors (Lipinski definition) is 3. The van der Waals surface area contributed by atoms with Gasteiger partial charge in [-0.1, -0.05) is 0 Å². The first-order valence-corrected chi connectivity index (χ1v) is 12.7. The Labute approximate surface area is 208 Å². The first kappa shape index (κ1) is 22.9. The molecule has 4 aromatic heterocycles. The van der Waals surface area contributed by atoms with Crippen LogP contribution < -0.4 is 10.6 Å². The summed E-state index contributed by atoms with van der Waals surface area (Å²) in [6.45, 7) is 1.36. The van der Waals surface area contributed by atoms with Gasteiger partial charge >= 0.3 is 0 Å². The molecule has 188 valence electrons. The fourth-order valence-electron chi connectivity index (χ4n) is 5.27. The molecule has 0 bridgehead atoms. The minimum absolute atomic E-state index is 0.105. The lowest BCUT2D eigenvalue weighted by atomic mass is 9.93. The molecule has 1 amide bonds. The summed E-state index contributed by atoms with van der Waals surface area (Å²) in [5.41, 5.74) is 4.05. The Balaban J connectivity index is 1.22. The fourth-order valence-corrected chi connectivity index (χ4v) is 5.27. The highest BCUT2D eigenvalue weighted by molar-refractivity contribution is 6.02. The molecule has 2 fully saturated rings. The van der Waals surface area contributed by atoms with Crippen LogP contribution in [0.2, 0.25) is 0 Å². The largest absolute Gasteiger partial charge is 0.381 e. The topological polar surface area (TPSA) is 118 Å².